The Bertz CT molecular complexity index is 832. The first-order valence-electron chi connectivity index (χ1n) is 8.32. The van der Waals surface area contributed by atoms with E-state index in [1.54, 1.807) is 6.07 Å². The van der Waals surface area contributed by atoms with Crippen molar-refractivity contribution in [1.82, 2.24) is 9.55 Å². The first-order valence-corrected chi connectivity index (χ1v) is 9.89. The van der Waals surface area contributed by atoms with Crippen LogP contribution in [0, 0.1) is 0 Å². The smallest absolute Gasteiger partial charge is 0.404 e. The summed E-state index contributed by atoms with van der Waals surface area (Å²) >= 11 is 13.7. The van der Waals surface area contributed by atoms with Gasteiger partial charge in [0, 0.05) is 21.4 Å². The van der Waals surface area contributed by atoms with Gasteiger partial charge in [0.1, 0.15) is 23.2 Å². The number of imidazole rings is 1. The summed E-state index contributed by atoms with van der Waals surface area (Å²) in [4.78, 5) is 28.2. The maximum Gasteiger partial charge on any atom is 0.404 e. The normalized spacial score (nSPS) is 11.0. The number of nitrogens with zero attached hydrogens (tertiary/aromatic N) is 2. The molecule has 0 radical (unpaired) electrons. The van der Waals surface area contributed by atoms with Crippen molar-refractivity contribution in [1.29, 1.82) is 0 Å². The highest BCUT2D eigenvalue weighted by Gasteiger charge is 2.21. The summed E-state index contributed by atoms with van der Waals surface area (Å²) in [7, 11) is 0. The molecule has 1 amide bonds. The summed E-state index contributed by atoms with van der Waals surface area (Å²) in [6, 6.07) is 5.28. The molecule has 27 heavy (non-hydrogen) atoms. The Balaban J connectivity index is 2.46. The second-order valence-electron chi connectivity index (χ2n) is 6.29. The average molecular weight is 430 g/mol. The SMILES string of the molecule is CC(=O)Cn1c(CCOC(N)=O)nc(C(C)C)c1Sc1cc(Cl)cc(Cl)c1. The van der Waals surface area contributed by atoms with Gasteiger partial charge in [-0.1, -0.05) is 48.8 Å². The molecule has 1 heterocycles. The Kier molecular flexibility index (Phi) is 7.59. The first-order chi connectivity index (χ1) is 12.7. The zero-order valence-corrected chi connectivity index (χ0v) is 17.6. The average Bonchev–Trinajstić information content (AvgIpc) is 2.84. The Morgan fingerprint density at radius 3 is 2.41 bits per heavy atom. The monoisotopic (exact) mass is 429 g/mol. The zero-order valence-electron chi connectivity index (χ0n) is 15.3. The highest BCUT2D eigenvalue weighted by Crippen LogP contribution is 2.37. The molecule has 2 N–H and O–H groups in total. The first kappa shape index (κ1) is 21.6. The number of halogens is 2. The highest BCUT2D eigenvalue weighted by atomic mass is 35.5. The van der Waals surface area contributed by atoms with Crippen LogP contribution in [0.5, 0.6) is 0 Å². The number of hydrogen-bond donors (Lipinski definition) is 1. The molecule has 0 spiro atoms. The topological polar surface area (TPSA) is 87.2 Å². The molecule has 0 atom stereocenters. The van der Waals surface area contributed by atoms with Gasteiger partial charge in [-0.25, -0.2) is 9.78 Å². The number of carbonyl (C=O) groups is 2. The van der Waals surface area contributed by atoms with Crippen molar-refractivity contribution >= 4 is 46.8 Å². The molecule has 2 aromatic rings. The molecule has 0 saturated heterocycles. The molecule has 1 aromatic heterocycles. The Morgan fingerprint density at radius 1 is 1.26 bits per heavy atom. The lowest BCUT2D eigenvalue weighted by Gasteiger charge is -2.12. The maximum atomic E-state index is 11.8. The van der Waals surface area contributed by atoms with Crippen molar-refractivity contribution in [3.05, 3.63) is 39.8 Å². The molecule has 0 bridgehead atoms. The van der Waals surface area contributed by atoms with E-state index >= 15 is 0 Å². The van der Waals surface area contributed by atoms with Crippen LogP contribution >= 0.6 is 35.0 Å². The minimum atomic E-state index is -0.841. The van der Waals surface area contributed by atoms with Gasteiger partial charge < -0.3 is 15.0 Å². The fraction of sp³-hybridized carbons (Fsp3) is 0.389. The molecule has 0 fully saturated rings. The Morgan fingerprint density at radius 2 is 1.89 bits per heavy atom. The van der Waals surface area contributed by atoms with E-state index in [1.165, 1.54) is 18.7 Å². The molecular formula is C18H21Cl2N3O3S. The third-order valence-electron chi connectivity index (χ3n) is 3.57. The number of amides is 1. The lowest BCUT2D eigenvalue weighted by atomic mass is 10.1. The van der Waals surface area contributed by atoms with E-state index in [0.29, 0.717) is 22.3 Å². The highest BCUT2D eigenvalue weighted by molar-refractivity contribution is 7.99. The summed E-state index contributed by atoms with van der Waals surface area (Å²) < 4.78 is 6.67. The van der Waals surface area contributed by atoms with Gasteiger partial charge in [-0.2, -0.15) is 0 Å². The molecule has 0 aliphatic heterocycles. The van der Waals surface area contributed by atoms with E-state index < -0.39 is 6.09 Å². The molecule has 0 saturated carbocycles. The van der Waals surface area contributed by atoms with Crippen LogP contribution in [0.1, 0.15) is 38.2 Å². The van der Waals surface area contributed by atoms with Gasteiger partial charge in [0.05, 0.1) is 12.2 Å². The maximum absolute atomic E-state index is 11.8. The van der Waals surface area contributed by atoms with Crippen molar-refractivity contribution in [3.8, 4) is 0 Å². The number of ketones is 1. The molecule has 0 unspecified atom stereocenters. The number of Topliss-reactive ketones (excluding diaryl/α,β-unsaturated/α-hetero) is 1. The molecule has 146 valence electrons. The molecule has 1 aromatic carbocycles. The van der Waals surface area contributed by atoms with Crippen LogP contribution in [0.25, 0.3) is 0 Å². The van der Waals surface area contributed by atoms with Gasteiger partial charge in [0.25, 0.3) is 0 Å². The standard InChI is InChI=1S/C18H21Cl2N3O3S/c1-10(2)16-17(27-14-7-12(19)6-13(20)8-14)23(9-11(3)24)15(22-16)4-5-26-18(21)25/h6-8,10H,4-5,9H2,1-3H3,(H2,21,25). The number of benzene rings is 1. The Hall–Kier alpha value is -1.70. The third-order valence-corrected chi connectivity index (χ3v) is 5.10. The van der Waals surface area contributed by atoms with Crippen molar-refractivity contribution in [2.75, 3.05) is 6.61 Å². The number of primary amides is 1. The largest absolute Gasteiger partial charge is 0.449 e. The van der Waals surface area contributed by atoms with Crippen LogP contribution in [0.3, 0.4) is 0 Å². The quantitative estimate of drug-likeness (QED) is 0.657. The van der Waals surface area contributed by atoms with Crippen molar-refractivity contribution in [2.45, 2.75) is 49.6 Å². The molecule has 0 aliphatic rings. The van der Waals surface area contributed by atoms with Gasteiger partial charge in [-0.3, -0.25) is 4.79 Å². The van der Waals surface area contributed by atoms with E-state index in [0.717, 1.165) is 15.6 Å². The van der Waals surface area contributed by atoms with E-state index in [2.05, 4.69) is 0 Å². The molecule has 0 aliphatic carbocycles. The number of carbonyl (C=O) groups excluding carboxylic acids is 2. The van der Waals surface area contributed by atoms with Gasteiger partial charge in [-0.15, -0.1) is 0 Å². The Labute approximate surface area is 172 Å². The molecule has 2 rings (SSSR count). The van der Waals surface area contributed by atoms with Crippen LogP contribution in [0.4, 0.5) is 4.79 Å². The third kappa shape index (κ3) is 6.16. The molecule has 6 nitrogen and oxygen atoms in total. The lowest BCUT2D eigenvalue weighted by Crippen LogP contribution is -2.17. The van der Waals surface area contributed by atoms with Crippen LogP contribution in [0.15, 0.2) is 28.1 Å². The van der Waals surface area contributed by atoms with Crippen molar-refractivity contribution < 1.29 is 14.3 Å². The van der Waals surface area contributed by atoms with Gasteiger partial charge in [0.15, 0.2) is 0 Å². The minimum absolute atomic E-state index is 0.00856. The van der Waals surface area contributed by atoms with Crippen LogP contribution in [-0.2, 0) is 22.5 Å². The predicted octanol–water partition coefficient (Wildman–Crippen LogP) is 4.69. The minimum Gasteiger partial charge on any atom is -0.449 e. The van der Waals surface area contributed by atoms with E-state index in [-0.39, 0.29) is 24.9 Å². The fourth-order valence-electron chi connectivity index (χ4n) is 2.50. The lowest BCUT2D eigenvalue weighted by molar-refractivity contribution is -0.117. The fourth-order valence-corrected chi connectivity index (χ4v) is 4.42. The summed E-state index contributed by atoms with van der Waals surface area (Å²) in [6.45, 7) is 5.83. The second kappa shape index (κ2) is 9.48. The summed E-state index contributed by atoms with van der Waals surface area (Å²) in [6.07, 6.45) is -0.487. The number of hydrogen-bond acceptors (Lipinski definition) is 5. The summed E-state index contributed by atoms with van der Waals surface area (Å²) in [5.41, 5.74) is 5.87. The van der Waals surface area contributed by atoms with Gasteiger partial charge >= 0.3 is 6.09 Å². The van der Waals surface area contributed by atoms with Crippen LogP contribution in [-0.4, -0.2) is 28.0 Å². The van der Waals surface area contributed by atoms with Crippen molar-refractivity contribution in [3.63, 3.8) is 0 Å². The molecular weight excluding hydrogens is 409 g/mol. The predicted molar refractivity (Wildman–Crippen MR) is 107 cm³/mol. The van der Waals surface area contributed by atoms with E-state index in [4.69, 9.17) is 38.7 Å². The number of ether oxygens (including phenoxy) is 1. The number of rotatable bonds is 8. The summed E-state index contributed by atoms with van der Waals surface area (Å²) in [5.74, 6) is 0.780. The number of nitrogens with two attached hydrogens (primary N) is 1. The van der Waals surface area contributed by atoms with E-state index in [9.17, 15) is 9.59 Å². The van der Waals surface area contributed by atoms with Crippen LogP contribution < -0.4 is 5.73 Å². The zero-order chi connectivity index (χ0) is 20.1. The molecule has 9 heteroatoms. The van der Waals surface area contributed by atoms with Crippen LogP contribution in [0.2, 0.25) is 10.0 Å². The summed E-state index contributed by atoms with van der Waals surface area (Å²) in [5, 5.41) is 1.90. The van der Waals surface area contributed by atoms with Crippen molar-refractivity contribution in [2.24, 2.45) is 5.73 Å². The second-order valence-corrected chi connectivity index (χ2v) is 8.22. The van der Waals surface area contributed by atoms with Gasteiger partial charge in [0.2, 0.25) is 0 Å². The van der Waals surface area contributed by atoms with Gasteiger partial charge in [-0.05, 0) is 31.0 Å². The van der Waals surface area contributed by atoms with E-state index in [1.807, 2.05) is 30.5 Å². The number of aromatic nitrogens is 2.